The fraction of sp³-hybridized carbons (Fsp3) is 0.538. The van der Waals surface area contributed by atoms with Gasteiger partial charge in [-0.3, -0.25) is 9.78 Å². The lowest BCUT2D eigenvalue weighted by Gasteiger charge is -2.25. The maximum absolute atomic E-state index is 11.7. The molecular formula is C13H20N4O. The zero-order valence-electron chi connectivity index (χ0n) is 10.7. The summed E-state index contributed by atoms with van der Waals surface area (Å²) >= 11 is 0. The lowest BCUT2D eigenvalue weighted by Crippen LogP contribution is -2.35. The summed E-state index contributed by atoms with van der Waals surface area (Å²) in [6.07, 6.45) is 3.96. The SMILES string of the molecule is CCNC(=O)c1cc(N2CCCC2CN)ccn1. The fourth-order valence-corrected chi connectivity index (χ4v) is 2.39. The predicted octanol–water partition coefficient (Wildman–Crippen LogP) is 0.759. The number of pyridine rings is 1. The molecule has 0 spiro atoms. The second-order valence-electron chi connectivity index (χ2n) is 4.48. The molecule has 0 saturated carbocycles. The van der Waals surface area contributed by atoms with Crippen LogP contribution in [0.3, 0.4) is 0 Å². The van der Waals surface area contributed by atoms with Gasteiger partial charge in [-0.15, -0.1) is 0 Å². The second kappa shape index (κ2) is 5.82. The van der Waals surface area contributed by atoms with Gasteiger partial charge in [0.25, 0.3) is 5.91 Å². The topological polar surface area (TPSA) is 71.2 Å². The van der Waals surface area contributed by atoms with Gasteiger partial charge in [0.15, 0.2) is 0 Å². The van der Waals surface area contributed by atoms with Gasteiger partial charge in [-0.05, 0) is 31.9 Å². The van der Waals surface area contributed by atoms with Crippen molar-refractivity contribution in [3.05, 3.63) is 24.0 Å². The highest BCUT2D eigenvalue weighted by atomic mass is 16.1. The molecule has 1 saturated heterocycles. The Morgan fingerprint density at radius 3 is 3.22 bits per heavy atom. The molecule has 1 aromatic rings. The van der Waals surface area contributed by atoms with Crippen molar-refractivity contribution in [3.8, 4) is 0 Å². The average Bonchev–Trinajstić information content (AvgIpc) is 2.87. The first-order valence-corrected chi connectivity index (χ1v) is 6.47. The molecule has 2 heterocycles. The van der Waals surface area contributed by atoms with E-state index in [-0.39, 0.29) is 5.91 Å². The van der Waals surface area contributed by atoms with Crippen LogP contribution < -0.4 is 16.0 Å². The molecule has 1 aliphatic rings. The monoisotopic (exact) mass is 248 g/mol. The van der Waals surface area contributed by atoms with E-state index in [0.29, 0.717) is 24.8 Å². The Hall–Kier alpha value is -1.62. The van der Waals surface area contributed by atoms with E-state index in [9.17, 15) is 4.79 Å². The van der Waals surface area contributed by atoms with Crippen LogP contribution in [0.1, 0.15) is 30.3 Å². The number of rotatable bonds is 4. The summed E-state index contributed by atoms with van der Waals surface area (Å²) in [5.41, 5.74) is 7.28. The van der Waals surface area contributed by atoms with E-state index in [1.807, 2.05) is 19.1 Å². The average molecular weight is 248 g/mol. The maximum atomic E-state index is 11.7. The quantitative estimate of drug-likeness (QED) is 0.825. The number of amides is 1. The molecule has 0 aliphatic carbocycles. The molecule has 5 nitrogen and oxygen atoms in total. The van der Waals surface area contributed by atoms with E-state index in [4.69, 9.17) is 5.73 Å². The smallest absolute Gasteiger partial charge is 0.269 e. The van der Waals surface area contributed by atoms with Gasteiger partial charge in [0.2, 0.25) is 0 Å². The van der Waals surface area contributed by atoms with Gasteiger partial charge in [0, 0.05) is 37.6 Å². The van der Waals surface area contributed by atoms with Crippen LogP contribution in [-0.4, -0.2) is 36.6 Å². The van der Waals surface area contributed by atoms with Crippen LogP contribution in [-0.2, 0) is 0 Å². The molecule has 0 bridgehead atoms. The first-order chi connectivity index (χ1) is 8.76. The van der Waals surface area contributed by atoms with E-state index < -0.39 is 0 Å². The standard InChI is InChI=1S/C13H20N4O/c1-2-15-13(18)12-8-10(5-6-16-12)17-7-3-4-11(17)9-14/h5-6,8,11H,2-4,7,9,14H2,1H3,(H,15,18). The molecule has 18 heavy (non-hydrogen) atoms. The largest absolute Gasteiger partial charge is 0.367 e. The summed E-state index contributed by atoms with van der Waals surface area (Å²) < 4.78 is 0. The summed E-state index contributed by atoms with van der Waals surface area (Å²) in [7, 11) is 0. The van der Waals surface area contributed by atoms with Crippen LogP contribution in [0.5, 0.6) is 0 Å². The van der Waals surface area contributed by atoms with Gasteiger partial charge in [-0.25, -0.2) is 0 Å². The third-order valence-corrected chi connectivity index (χ3v) is 3.29. The van der Waals surface area contributed by atoms with Gasteiger partial charge >= 0.3 is 0 Å². The first kappa shape index (κ1) is 12.8. The number of hydrogen-bond donors (Lipinski definition) is 2. The number of nitrogens with two attached hydrogens (primary N) is 1. The van der Waals surface area contributed by atoms with Crippen LogP contribution in [0, 0.1) is 0 Å². The Morgan fingerprint density at radius 1 is 1.67 bits per heavy atom. The van der Waals surface area contributed by atoms with Crippen LogP contribution in [0.25, 0.3) is 0 Å². The third-order valence-electron chi connectivity index (χ3n) is 3.29. The number of nitrogens with zero attached hydrogens (tertiary/aromatic N) is 2. The van der Waals surface area contributed by atoms with E-state index >= 15 is 0 Å². The molecule has 3 N–H and O–H groups in total. The zero-order valence-corrected chi connectivity index (χ0v) is 10.7. The Bertz CT molecular complexity index is 421. The summed E-state index contributed by atoms with van der Waals surface area (Å²) in [4.78, 5) is 18.1. The Labute approximate surface area is 107 Å². The van der Waals surface area contributed by atoms with Crippen molar-refractivity contribution in [1.82, 2.24) is 10.3 Å². The van der Waals surface area contributed by atoms with Crippen molar-refractivity contribution in [2.24, 2.45) is 5.73 Å². The normalized spacial score (nSPS) is 19.0. The minimum Gasteiger partial charge on any atom is -0.367 e. The molecule has 1 aromatic heterocycles. The molecule has 0 aromatic carbocycles. The number of hydrogen-bond acceptors (Lipinski definition) is 4. The van der Waals surface area contributed by atoms with Crippen LogP contribution in [0.4, 0.5) is 5.69 Å². The van der Waals surface area contributed by atoms with Crippen molar-refractivity contribution in [3.63, 3.8) is 0 Å². The van der Waals surface area contributed by atoms with Gasteiger partial charge < -0.3 is 16.0 Å². The predicted molar refractivity (Wildman–Crippen MR) is 71.7 cm³/mol. The minimum absolute atomic E-state index is 0.122. The zero-order chi connectivity index (χ0) is 13.0. The lowest BCUT2D eigenvalue weighted by molar-refractivity contribution is 0.0951. The molecule has 1 amide bonds. The van der Waals surface area contributed by atoms with Crippen LogP contribution >= 0.6 is 0 Å². The molecule has 1 fully saturated rings. The van der Waals surface area contributed by atoms with Gasteiger partial charge in [-0.1, -0.05) is 0 Å². The van der Waals surface area contributed by atoms with E-state index in [1.54, 1.807) is 6.20 Å². The number of anilines is 1. The van der Waals surface area contributed by atoms with Crippen LogP contribution in [0.15, 0.2) is 18.3 Å². The Morgan fingerprint density at radius 2 is 2.50 bits per heavy atom. The molecule has 1 unspecified atom stereocenters. The van der Waals surface area contributed by atoms with E-state index in [2.05, 4.69) is 15.2 Å². The number of carbonyl (C=O) groups is 1. The Kier molecular flexibility index (Phi) is 4.15. The second-order valence-corrected chi connectivity index (χ2v) is 4.48. The van der Waals surface area contributed by atoms with E-state index in [1.165, 1.54) is 0 Å². The molecular weight excluding hydrogens is 228 g/mol. The number of carbonyl (C=O) groups excluding carboxylic acids is 1. The van der Waals surface area contributed by atoms with Crippen molar-refractivity contribution < 1.29 is 4.79 Å². The lowest BCUT2D eigenvalue weighted by atomic mass is 10.2. The fourth-order valence-electron chi connectivity index (χ4n) is 2.39. The van der Waals surface area contributed by atoms with Crippen molar-refractivity contribution in [2.45, 2.75) is 25.8 Å². The Balaban J connectivity index is 2.19. The third kappa shape index (κ3) is 2.61. The van der Waals surface area contributed by atoms with Gasteiger partial charge in [0.1, 0.15) is 5.69 Å². The summed E-state index contributed by atoms with van der Waals surface area (Å²) in [6.45, 7) is 4.16. The minimum atomic E-state index is -0.122. The summed E-state index contributed by atoms with van der Waals surface area (Å²) in [5.74, 6) is -0.122. The molecule has 0 radical (unpaired) electrons. The van der Waals surface area contributed by atoms with Gasteiger partial charge in [0.05, 0.1) is 0 Å². The summed E-state index contributed by atoms with van der Waals surface area (Å²) in [5, 5.41) is 2.76. The molecule has 1 aliphatic heterocycles. The van der Waals surface area contributed by atoms with Crippen molar-refractivity contribution >= 4 is 11.6 Å². The molecule has 2 rings (SSSR count). The van der Waals surface area contributed by atoms with Crippen LogP contribution in [0.2, 0.25) is 0 Å². The van der Waals surface area contributed by atoms with Gasteiger partial charge in [-0.2, -0.15) is 0 Å². The van der Waals surface area contributed by atoms with Crippen molar-refractivity contribution in [2.75, 3.05) is 24.5 Å². The highest BCUT2D eigenvalue weighted by molar-refractivity contribution is 5.93. The summed E-state index contributed by atoms with van der Waals surface area (Å²) in [6, 6.07) is 4.17. The highest BCUT2D eigenvalue weighted by Gasteiger charge is 2.23. The first-order valence-electron chi connectivity index (χ1n) is 6.47. The number of aromatic nitrogens is 1. The van der Waals surface area contributed by atoms with E-state index in [0.717, 1.165) is 25.1 Å². The molecule has 1 atom stereocenters. The molecule has 5 heteroatoms. The highest BCUT2D eigenvalue weighted by Crippen LogP contribution is 2.24. The maximum Gasteiger partial charge on any atom is 0.269 e. The number of nitrogens with one attached hydrogen (secondary N) is 1. The molecule has 98 valence electrons. The van der Waals surface area contributed by atoms with Crippen molar-refractivity contribution in [1.29, 1.82) is 0 Å².